The summed E-state index contributed by atoms with van der Waals surface area (Å²) < 4.78 is 13.3. The Hall–Kier alpha value is -0.250. The summed E-state index contributed by atoms with van der Waals surface area (Å²) in [4.78, 5) is 0. The zero-order valence-corrected chi connectivity index (χ0v) is 9.54. The number of benzene rings is 1. The normalized spacial score (nSPS) is 12.9. The first-order chi connectivity index (χ1) is 6.61. The van der Waals surface area contributed by atoms with Crippen molar-refractivity contribution in [3.63, 3.8) is 0 Å². The molecule has 0 amide bonds. The van der Waals surface area contributed by atoms with E-state index in [4.69, 9.17) is 17.3 Å². The fraction of sp³-hybridized carbons (Fsp3) is 0.400. The van der Waals surface area contributed by atoms with E-state index in [0.717, 1.165) is 5.75 Å². The molecule has 0 aliphatic heterocycles. The van der Waals surface area contributed by atoms with E-state index in [1.165, 1.54) is 0 Å². The molecule has 0 saturated carbocycles. The van der Waals surface area contributed by atoms with E-state index in [0.29, 0.717) is 11.3 Å². The van der Waals surface area contributed by atoms with Crippen molar-refractivity contribution >= 4 is 23.4 Å². The highest BCUT2D eigenvalue weighted by Crippen LogP contribution is 2.21. The summed E-state index contributed by atoms with van der Waals surface area (Å²) in [6.45, 7) is 1.93. The highest BCUT2D eigenvalue weighted by Gasteiger charge is 2.06. The Kier molecular flexibility index (Phi) is 4.72. The Balaban J connectivity index is 2.54. The summed E-state index contributed by atoms with van der Waals surface area (Å²) >= 11 is 7.26. The molecule has 1 nitrogen and oxygen atoms in total. The Labute approximate surface area is 92.8 Å². The maximum atomic E-state index is 13.3. The quantitative estimate of drug-likeness (QED) is 0.865. The Morgan fingerprint density at radius 2 is 2.29 bits per heavy atom. The molecule has 14 heavy (non-hydrogen) atoms. The maximum Gasteiger partial charge on any atom is 0.145 e. The Morgan fingerprint density at radius 3 is 2.93 bits per heavy atom. The molecule has 0 aliphatic rings. The van der Waals surface area contributed by atoms with Crippen molar-refractivity contribution in [2.75, 3.05) is 5.75 Å². The third kappa shape index (κ3) is 3.48. The smallest absolute Gasteiger partial charge is 0.145 e. The number of nitrogens with two attached hydrogens (primary N) is 1. The van der Waals surface area contributed by atoms with Crippen LogP contribution in [-0.4, -0.2) is 11.8 Å². The van der Waals surface area contributed by atoms with Crippen LogP contribution in [0.2, 0.25) is 5.02 Å². The van der Waals surface area contributed by atoms with Gasteiger partial charge in [-0.1, -0.05) is 23.7 Å². The van der Waals surface area contributed by atoms with E-state index in [9.17, 15) is 4.39 Å². The van der Waals surface area contributed by atoms with Gasteiger partial charge in [-0.2, -0.15) is 11.8 Å². The first-order valence-corrected chi connectivity index (χ1v) is 5.90. The standard InChI is InChI=1S/C10H13ClFNS/c1-7(13)5-14-6-8-3-2-4-9(11)10(8)12/h2-4,7H,5-6,13H2,1H3. The van der Waals surface area contributed by atoms with Gasteiger partial charge < -0.3 is 5.73 Å². The van der Waals surface area contributed by atoms with Crippen LogP contribution in [0.5, 0.6) is 0 Å². The minimum absolute atomic E-state index is 0.141. The van der Waals surface area contributed by atoms with Gasteiger partial charge in [0, 0.05) is 17.5 Å². The van der Waals surface area contributed by atoms with Crippen LogP contribution in [-0.2, 0) is 5.75 Å². The van der Waals surface area contributed by atoms with Gasteiger partial charge in [0.25, 0.3) is 0 Å². The fourth-order valence-corrected chi connectivity index (χ4v) is 2.14. The van der Waals surface area contributed by atoms with Gasteiger partial charge in [0.05, 0.1) is 5.02 Å². The molecule has 0 fully saturated rings. The number of halogens is 2. The molecule has 0 aromatic heterocycles. The largest absolute Gasteiger partial charge is 0.327 e. The molecule has 0 radical (unpaired) electrons. The van der Waals surface area contributed by atoms with Crippen LogP contribution in [0.1, 0.15) is 12.5 Å². The first kappa shape index (κ1) is 11.8. The van der Waals surface area contributed by atoms with Crippen LogP contribution >= 0.6 is 23.4 Å². The van der Waals surface area contributed by atoms with Crippen LogP contribution in [0.4, 0.5) is 4.39 Å². The zero-order valence-electron chi connectivity index (χ0n) is 7.97. The van der Waals surface area contributed by atoms with Crippen molar-refractivity contribution in [3.8, 4) is 0 Å². The van der Waals surface area contributed by atoms with Crippen molar-refractivity contribution in [2.45, 2.75) is 18.7 Å². The molecule has 0 saturated heterocycles. The van der Waals surface area contributed by atoms with Gasteiger partial charge in [-0.05, 0) is 18.6 Å². The monoisotopic (exact) mass is 233 g/mol. The summed E-state index contributed by atoms with van der Waals surface area (Å²) in [6, 6.07) is 5.20. The van der Waals surface area contributed by atoms with Gasteiger partial charge in [-0.15, -0.1) is 0 Å². The Morgan fingerprint density at radius 1 is 1.57 bits per heavy atom. The van der Waals surface area contributed by atoms with Crippen molar-refractivity contribution < 1.29 is 4.39 Å². The molecule has 2 N–H and O–H groups in total. The zero-order chi connectivity index (χ0) is 10.6. The lowest BCUT2D eigenvalue weighted by molar-refractivity contribution is 0.617. The lowest BCUT2D eigenvalue weighted by atomic mass is 10.2. The average Bonchev–Trinajstić information content (AvgIpc) is 2.12. The summed E-state index contributed by atoms with van der Waals surface area (Å²) in [7, 11) is 0. The van der Waals surface area contributed by atoms with Crippen molar-refractivity contribution in [1.29, 1.82) is 0 Å². The minimum Gasteiger partial charge on any atom is -0.327 e. The van der Waals surface area contributed by atoms with Crippen LogP contribution in [0.15, 0.2) is 18.2 Å². The highest BCUT2D eigenvalue weighted by atomic mass is 35.5. The molecular formula is C10H13ClFNS. The molecule has 1 aromatic rings. The molecule has 0 aliphatic carbocycles. The second-order valence-electron chi connectivity index (χ2n) is 3.21. The van der Waals surface area contributed by atoms with E-state index in [-0.39, 0.29) is 16.9 Å². The van der Waals surface area contributed by atoms with Gasteiger partial charge in [-0.3, -0.25) is 0 Å². The molecular weight excluding hydrogens is 221 g/mol. The molecule has 0 spiro atoms. The molecule has 1 rings (SSSR count). The summed E-state index contributed by atoms with van der Waals surface area (Å²) in [5.41, 5.74) is 6.23. The minimum atomic E-state index is -0.314. The molecule has 78 valence electrons. The second-order valence-corrected chi connectivity index (χ2v) is 4.64. The first-order valence-electron chi connectivity index (χ1n) is 4.37. The third-order valence-corrected chi connectivity index (χ3v) is 3.24. The topological polar surface area (TPSA) is 26.0 Å². The van der Waals surface area contributed by atoms with Crippen molar-refractivity contribution in [2.24, 2.45) is 5.73 Å². The van der Waals surface area contributed by atoms with E-state index in [1.54, 1.807) is 30.0 Å². The Bertz CT molecular complexity index is 304. The summed E-state index contributed by atoms with van der Waals surface area (Å²) in [6.07, 6.45) is 0. The molecule has 0 heterocycles. The molecule has 4 heteroatoms. The number of rotatable bonds is 4. The van der Waals surface area contributed by atoms with Crippen LogP contribution in [0.25, 0.3) is 0 Å². The van der Waals surface area contributed by atoms with Crippen LogP contribution < -0.4 is 5.73 Å². The van der Waals surface area contributed by atoms with Crippen molar-refractivity contribution in [3.05, 3.63) is 34.6 Å². The van der Waals surface area contributed by atoms with E-state index >= 15 is 0 Å². The van der Waals surface area contributed by atoms with Crippen molar-refractivity contribution in [1.82, 2.24) is 0 Å². The van der Waals surface area contributed by atoms with Gasteiger partial charge in [-0.25, -0.2) is 4.39 Å². The predicted molar refractivity (Wildman–Crippen MR) is 61.2 cm³/mol. The van der Waals surface area contributed by atoms with Crippen LogP contribution in [0, 0.1) is 5.82 Å². The molecule has 1 atom stereocenters. The predicted octanol–water partition coefficient (Wildman–Crippen LogP) is 3.06. The van der Waals surface area contributed by atoms with E-state index in [1.807, 2.05) is 6.92 Å². The average molecular weight is 234 g/mol. The lowest BCUT2D eigenvalue weighted by Gasteiger charge is -2.06. The molecule has 1 unspecified atom stereocenters. The van der Waals surface area contributed by atoms with Gasteiger partial charge in [0.1, 0.15) is 5.82 Å². The number of thioether (sulfide) groups is 1. The van der Waals surface area contributed by atoms with Crippen LogP contribution in [0.3, 0.4) is 0 Å². The third-order valence-electron chi connectivity index (χ3n) is 1.67. The second kappa shape index (κ2) is 5.59. The number of hydrogen-bond acceptors (Lipinski definition) is 2. The van der Waals surface area contributed by atoms with Gasteiger partial charge in [0.15, 0.2) is 0 Å². The summed E-state index contributed by atoms with van der Waals surface area (Å²) in [5, 5.41) is 0.184. The highest BCUT2D eigenvalue weighted by molar-refractivity contribution is 7.98. The molecule has 0 bridgehead atoms. The summed E-state index contributed by atoms with van der Waals surface area (Å²) in [5.74, 6) is 1.13. The molecule has 1 aromatic carbocycles. The lowest BCUT2D eigenvalue weighted by Crippen LogP contribution is -2.17. The fourth-order valence-electron chi connectivity index (χ4n) is 1.01. The van der Waals surface area contributed by atoms with Gasteiger partial charge >= 0.3 is 0 Å². The van der Waals surface area contributed by atoms with Gasteiger partial charge in [0.2, 0.25) is 0 Å². The maximum absolute atomic E-state index is 13.3. The van der Waals surface area contributed by atoms with E-state index in [2.05, 4.69) is 0 Å². The van der Waals surface area contributed by atoms with E-state index < -0.39 is 0 Å². The number of hydrogen-bond donors (Lipinski definition) is 1. The SMILES string of the molecule is CC(N)CSCc1cccc(Cl)c1F.